The summed E-state index contributed by atoms with van der Waals surface area (Å²) in [7, 11) is 0. The zero-order chi connectivity index (χ0) is 23.7. The molecule has 2 aliphatic carbocycles. The molecule has 1 heterocycles. The van der Waals surface area contributed by atoms with E-state index in [0.717, 1.165) is 5.57 Å². The standard InChI is InChI=1S/C24H28O8/c1-7-16(10-29-14(5)25)24(28)32-22-19-13(4)23(27)31-21(19)18-11(2)8-9-17(18)12(3)20(22)30-15(6)26/h7-8,17-22H,3-4,9-10H2,1-2,5-6H3. The summed E-state index contributed by atoms with van der Waals surface area (Å²) in [6.07, 6.45) is 1.48. The number of hydrogen-bond donors (Lipinski definition) is 0. The van der Waals surface area contributed by atoms with Crippen LogP contribution in [0.2, 0.25) is 0 Å². The summed E-state index contributed by atoms with van der Waals surface area (Å²) in [5, 5.41) is 0. The predicted octanol–water partition coefficient (Wildman–Crippen LogP) is 2.59. The number of rotatable bonds is 5. The zero-order valence-electron chi connectivity index (χ0n) is 18.7. The minimum Gasteiger partial charge on any atom is -0.461 e. The molecule has 1 aliphatic heterocycles. The van der Waals surface area contributed by atoms with Crippen molar-refractivity contribution in [2.45, 2.75) is 52.4 Å². The van der Waals surface area contributed by atoms with Crippen molar-refractivity contribution in [1.82, 2.24) is 0 Å². The van der Waals surface area contributed by atoms with Gasteiger partial charge in [-0.1, -0.05) is 30.9 Å². The van der Waals surface area contributed by atoms with Gasteiger partial charge in [-0.25, -0.2) is 9.59 Å². The van der Waals surface area contributed by atoms with Crippen molar-refractivity contribution < 1.29 is 38.1 Å². The molecule has 0 radical (unpaired) electrons. The van der Waals surface area contributed by atoms with Gasteiger partial charge in [-0.3, -0.25) is 9.59 Å². The van der Waals surface area contributed by atoms with E-state index in [4.69, 9.17) is 18.9 Å². The smallest absolute Gasteiger partial charge is 0.337 e. The molecule has 0 aromatic heterocycles. The number of allylic oxidation sites excluding steroid dienone is 2. The first-order valence-electron chi connectivity index (χ1n) is 10.5. The summed E-state index contributed by atoms with van der Waals surface area (Å²) in [6, 6.07) is 0. The summed E-state index contributed by atoms with van der Waals surface area (Å²) >= 11 is 0. The molecule has 3 aliphatic rings. The SMILES string of the molecule is C=C1C2CC=C(C)C2C2OC(=O)C(=C)C2C(OC(=O)C(=CC)COC(C)=O)C1OC(C)=O. The number of carbonyl (C=O) groups excluding carboxylic acids is 4. The molecular weight excluding hydrogens is 416 g/mol. The molecule has 8 heteroatoms. The lowest BCUT2D eigenvalue weighted by Crippen LogP contribution is -2.44. The third-order valence-electron chi connectivity index (χ3n) is 6.34. The van der Waals surface area contributed by atoms with Gasteiger partial charge in [0.25, 0.3) is 0 Å². The maximum Gasteiger partial charge on any atom is 0.337 e. The van der Waals surface area contributed by atoms with Crippen LogP contribution in [-0.4, -0.2) is 48.8 Å². The molecule has 0 spiro atoms. The normalized spacial score (nSPS) is 31.7. The van der Waals surface area contributed by atoms with Crippen molar-refractivity contribution in [2.24, 2.45) is 17.8 Å². The summed E-state index contributed by atoms with van der Waals surface area (Å²) < 4.78 is 22.0. The van der Waals surface area contributed by atoms with E-state index in [2.05, 4.69) is 19.2 Å². The average Bonchev–Trinajstić information content (AvgIpc) is 3.21. The first-order chi connectivity index (χ1) is 15.1. The fourth-order valence-electron chi connectivity index (χ4n) is 4.78. The van der Waals surface area contributed by atoms with Crippen molar-refractivity contribution in [1.29, 1.82) is 0 Å². The molecular formula is C24H28O8. The van der Waals surface area contributed by atoms with Gasteiger partial charge >= 0.3 is 23.9 Å². The van der Waals surface area contributed by atoms with Crippen LogP contribution in [0.25, 0.3) is 0 Å². The van der Waals surface area contributed by atoms with Crippen molar-refractivity contribution in [2.75, 3.05) is 6.61 Å². The Kier molecular flexibility index (Phi) is 6.71. The van der Waals surface area contributed by atoms with Crippen LogP contribution in [0.4, 0.5) is 0 Å². The number of carbonyl (C=O) groups is 4. The molecule has 6 atom stereocenters. The summed E-state index contributed by atoms with van der Waals surface area (Å²) in [6.45, 7) is 13.8. The Morgan fingerprint density at radius 1 is 1.16 bits per heavy atom. The number of ether oxygens (including phenoxy) is 4. The molecule has 6 unspecified atom stereocenters. The Morgan fingerprint density at radius 2 is 1.84 bits per heavy atom. The monoisotopic (exact) mass is 444 g/mol. The van der Waals surface area contributed by atoms with Crippen molar-refractivity contribution in [3.8, 4) is 0 Å². The van der Waals surface area contributed by atoms with E-state index < -0.39 is 48.1 Å². The number of hydrogen-bond acceptors (Lipinski definition) is 8. The number of fused-ring (bicyclic) bond motifs is 3. The summed E-state index contributed by atoms with van der Waals surface area (Å²) in [5.41, 5.74) is 1.89. The first kappa shape index (κ1) is 23.5. The molecule has 8 nitrogen and oxygen atoms in total. The van der Waals surface area contributed by atoms with Crippen molar-refractivity contribution in [3.63, 3.8) is 0 Å². The van der Waals surface area contributed by atoms with Crippen molar-refractivity contribution in [3.05, 3.63) is 47.6 Å². The van der Waals surface area contributed by atoms with E-state index >= 15 is 0 Å². The Bertz CT molecular complexity index is 940. The quantitative estimate of drug-likeness (QED) is 0.276. The van der Waals surface area contributed by atoms with E-state index in [1.165, 1.54) is 19.9 Å². The summed E-state index contributed by atoms with van der Waals surface area (Å²) in [4.78, 5) is 48.6. The van der Waals surface area contributed by atoms with Gasteiger partial charge in [0.05, 0.1) is 11.5 Å². The highest BCUT2D eigenvalue weighted by Crippen LogP contribution is 2.51. The zero-order valence-corrected chi connectivity index (χ0v) is 18.7. The Balaban J connectivity index is 2.02. The Labute approximate surface area is 186 Å². The van der Waals surface area contributed by atoms with Gasteiger partial charge in [-0.2, -0.15) is 0 Å². The third-order valence-corrected chi connectivity index (χ3v) is 6.34. The minimum absolute atomic E-state index is 0.111. The largest absolute Gasteiger partial charge is 0.461 e. The highest BCUT2D eigenvalue weighted by atomic mass is 16.6. The molecule has 0 aromatic carbocycles. The van der Waals surface area contributed by atoms with Crippen LogP contribution >= 0.6 is 0 Å². The van der Waals surface area contributed by atoms with Gasteiger partial charge in [0.15, 0.2) is 12.2 Å². The lowest BCUT2D eigenvalue weighted by atomic mass is 9.80. The van der Waals surface area contributed by atoms with E-state index in [-0.39, 0.29) is 29.6 Å². The molecule has 0 amide bonds. The second-order valence-corrected chi connectivity index (χ2v) is 8.31. The van der Waals surface area contributed by atoms with Crippen LogP contribution < -0.4 is 0 Å². The molecule has 1 saturated carbocycles. The fraction of sp³-hybridized carbons (Fsp3) is 0.500. The topological polar surface area (TPSA) is 105 Å². The molecule has 0 aromatic rings. The van der Waals surface area contributed by atoms with Gasteiger partial charge in [0.2, 0.25) is 0 Å². The van der Waals surface area contributed by atoms with Crippen LogP contribution in [-0.2, 0) is 38.1 Å². The van der Waals surface area contributed by atoms with E-state index in [9.17, 15) is 19.2 Å². The van der Waals surface area contributed by atoms with Gasteiger partial charge < -0.3 is 18.9 Å². The van der Waals surface area contributed by atoms with Crippen LogP contribution in [0.15, 0.2) is 47.6 Å². The highest BCUT2D eigenvalue weighted by molar-refractivity contribution is 5.92. The number of esters is 4. The van der Waals surface area contributed by atoms with Gasteiger partial charge in [0.1, 0.15) is 12.7 Å². The Hall–Kier alpha value is -3.16. The van der Waals surface area contributed by atoms with Crippen LogP contribution in [0, 0.1) is 17.8 Å². The van der Waals surface area contributed by atoms with Gasteiger partial charge in [-0.05, 0) is 31.8 Å². The molecule has 32 heavy (non-hydrogen) atoms. The van der Waals surface area contributed by atoms with Crippen LogP contribution in [0.1, 0.15) is 34.1 Å². The maximum atomic E-state index is 13.0. The Morgan fingerprint density at radius 3 is 2.44 bits per heavy atom. The van der Waals surface area contributed by atoms with Crippen LogP contribution in [0.5, 0.6) is 0 Å². The third kappa shape index (κ3) is 4.26. The summed E-state index contributed by atoms with van der Waals surface area (Å²) in [5.74, 6) is -3.49. The molecule has 2 fully saturated rings. The first-order valence-corrected chi connectivity index (χ1v) is 10.5. The van der Waals surface area contributed by atoms with E-state index in [1.54, 1.807) is 6.92 Å². The van der Waals surface area contributed by atoms with Crippen LogP contribution in [0.3, 0.4) is 0 Å². The van der Waals surface area contributed by atoms with Crippen molar-refractivity contribution >= 4 is 23.9 Å². The average molecular weight is 444 g/mol. The molecule has 1 saturated heterocycles. The second-order valence-electron chi connectivity index (χ2n) is 8.31. The predicted molar refractivity (Wildman–Crippen MR) is 113 cm³/mol. The van der Waals surface area contributed by atoms with E-state index in [1.807, 2.05) is 6.92 Å². The van der Waals surface area contributed by atoms with Gasteiger partial charge in [0, 0.05) is 25.3 Å². The highest BCUT2D eigenvalue weighted by Gasteiger charge is 2.58. The lowest BCUT2D eigenvalue weighted by molar-refractivity contribution is -0.166. The fourth-order valence-corrected chi connectivity index (χ4v) is 4.78. The second kappa shape index (κ2) is 9.14. The van der Waals surface area contributed by atoms with E-state index in [0.29, 0.717) is 12.0 Å². The maximum absolute atomic E-state index is 13.0. The molecule has 172 valence electrons. The van der Waals surface area contributed by atoms with Gasteiger partial charge in [-0.15, -0.1) is 0 Å². The molecule has 0 bridgehead atoms. The molecule has 3 rings (SSSR count). The molecule has 0 N–H and O–H groups in total. The lowest BCUT2D eigenvalue weighted by Gasteiger charge is -2.31. The minimum atomic E-state index is -1.08.